The Morgan fingerprint density at radius 3 is 2.92 bits per heavy atom. The molecule has 0 saturated carbocycles. The molecule has 1 aromatic carbocycles. The summed E-state index contributed by atoms with van der Waals surface area (Å²) in [5.41, 5.74) is 7.85. The van der Waals surface area contributed by atoms with Crippen LogP contribution in [0.15, 0.2) is 27.8 Å². The Balaban J connectivity index is 2.60. The normalized spacial score (nSPS) is 12.2. The first kappa shape index (κ1) is 7.72. The van der Waals surface area contributed by atoms with Crippen LogP contribution < -0.4 is 5.73 Å². The van der Waals surface area contributed by atoms with Gasteiger partial charge in [0.2, 0.25) is 0 Å². The predicted octanol–water partition coefficient (Wildman–Crippen LogP) is 0.558. The second-order valence-corrected chi connectivity index (χ2v) is 2.58. The Morgan fingerprint density at radius 1 is 1.38 bits per heavy atom. The third kappa shape index (κ3) is 1.24. The predicted molar refractivity (Wildman–Crippen MR) is 48.5 cm³/mol. The molecule has 0 aliphatic carbocycles. The minimum Gasteiger partial charge on any atom is -0.384 e. The van der Waals surface area contributed by atoms with E-state index in [0.29, 0.717) is 16.9 Å². The van der Waals surface area contributed by atoms with Crippen molar-refractivity contribution in [1.29, 1.82) is 0 Å². The van der Waals surface area contributed by atoms with Gasteiger partial charge in [0.1, 0.15) is 16.9 Å². The molecule has 5 heteroatoms. The Morgan fingerprint density at radius 2 is 2.15 bits per heavy atom. The van der Waals surface area contributed by atoms with Crippen LogP contribution in [-0.4, -0.2) is 23.2 Å². The van der Waals surface area contributed by atoms with Crippen LogP contribution in [0.1, 0.15) is 5.56 Å². The molecule has 13 heavy (non-hydrogen) atoms. The fraction of sp³-hybridized carbons (Fsp3) is 0.125. The number of amidine groups is 1. The largest absolute Gasteiger partial charge is 0.384 e. The van der Waals surface area contributed by atoms with Crippen LogP contribution in [0.4, 0.5) is 0 Å². The number of benzene rings is 1. The fourth-order valence-electron chi connectivity index (χ4n) is 1.07. The smallest absolute Gasteiger partial charge is 0.135 e. The second-order valence-electron chi connectivity index (χ2n) is 2.58. The average molecular weight is 176 g/mol. The number of nitrogens with zero attached hydrogens (tertiary/aromatic N) is 3. The fourth-order valence-corrected chi connectivity index (χ4v) is 1.07. The van der Waals surface area contributed by atoms with Gasteiger partial charge in [0.25, 0.3) is 0 Å². The number of hydrogen-bond acceptors (Lipinski definition) is 4. The maximum Gasteiger partial charge on any atom is 0.135 e. The molecule has 1 aromatic heterocycles. The summed E-state index contributed by atoms with van der Waals surface area (Å²) in [6.45, 7) is 0. The molecule has 2 aromatic rings. The molecule has 0 atom stereocenters. The highest BCUT2D eigenvalue weighted by molar-refractivity contribution is 5.99. The topological polar surface area (TPSA) is 77.3 Å². The molecule has 66 valence electrons. The third-order valence-corrected chi connectivity index (χ3v) is 1.79. The average Bonchev–Trinajstić information content (AvgIpc) is 2.63. The van der Waals surface area contributed by atoms with Crippen LogP contribution in [0.2, 0.25) is 0 Å². The number of nitrogens with two attached hydrogens (primary N) is 1. The lowest BCUT2D eigenvalue weighted by atomic mass is 10.2. The molecule has 0 amide bonds. The maximum atomic E-state index is 5.63. The zero-order valence-corrected chi connectivity index (χ0v) is 7.06. The van der Waals surface area contributed by atoms with Gasteiger partial charge in [-0.3, -0.25) is 4.99 Å². The first-order chi connectivity index (χ1) is 6.31. The summed E-state index contributed by atoms with van der Waals surface area (Å²) in [5.74, 6) is 0.477. The summed E-state index contributed by atoms with van der Waals surface area (Å²) in [4.78, 5) is 3.87. The molecule has 2 N–H and O–H groups in total. The van der Waals surface area contributed by atoms with Crippen LogP contribution in [-0.2, 0) is 0 Å². The lowest BCUT2D eigenvalue weighted by Gasteiger charge is -1.96. The van der Waals surface area contributed by atoms with E-state index in [1.807, 2.05) is 6.07 Å². The van der Waals surface area contributed by atoms with Crippen molar-refractivity contribution in [2.24, 2.45) is 10.7 Å². The first-order valence-corrected chi connectivity index (χ1v) is 3.76. The van der Waals surface area contributed by atoms with E-state index in [1.54, 1.807) is 19.2 Å². The van der Waals surface area contributed by atoms with Crippen LogP contribution in [0, 0.1) is 0 Å². The highest BCUT2D eigenvalue weighted by Gasteiger charge is 2.02. The van der Waals surface area contributed by atoms with Gasteiger partial charge in [0.05, 0.1) is 0 Å². The van der Waals surface area contributed by atoms with E-state index >= 15 is 0 Å². The minimum absolute atomic E-state index is 0.477. The number of rotatable bonds is 1. The van der Waals surface area contributed by atoms with Crippen LogP contribution in [0.25, 0.3) is 11.0 Å². The molecule has 0 aliphatic rings. The molecule has 2 rings (SSSR count). The van der Waals surface area contributed by atoms with E-state index < -0.39 is 0 Å². The van der Waals surface area contributed by atoms with E-state index in [-0.39, 0.29) is 0 Å². The zero-order valence-electron chi connectivity index (χ0n) is 7.06. The molecule has 1 heterocycles. The number of fused-ring (bicyclic) bond motifs is 1. The lowest BCUT2D eigenvalue weighted by molar-refractivity contribution is 0.315. The zero-order chi connectivity index (χ0) is 9.26. The summed E-state index contributed by atoms with van der Waals surface area (Å²) in [6.07, 6.45) is 0. The Kier molecular flexibility index (Phi) is 1.70. The van der Waals surface area contributed by atoms with Gasteiger partial charge in [-0.2, -0.15) is 0 Å². The van der Waals surface area contributed by atoms with Crippen LogP contribution in [0.5, 0.6) is 0 Å². The maximum absolute atomic E-state index is 5.63. The molecular weight excluding hydrogens is 168 g/mol. The molecule has 0 aliphatic heterocycles. The van der Waals surface area contributed by atoms with Gasteiger partial charge in [-0.15, -0.1) is 0 Å². The molecule has 0 unspecified atom stereocenters. The summed E-state index contributed by atoms with van der Waals surface area (Å²) >= 11 is 0. The van der Waals surface area contributed by atoms with E-state index in [2.05, 4.69) is 19.9 Å². The summed E-state index contributed by atoms with van der Waals surface area (Å²) < 4.78 is 4.55. The van der Waals surface area contributed by atoms with Crippen LogP contribution >= 0.6 is 0 Å². The van der Waals surface area contributed by atoms with Crippen molar-refractivity contribution in [2.45, 2.75) is 0 Å². The molecule has 5 nitrogen and oxygen atoms in total. The van der Waals surface area contributed by atoms with Crippen molar-refractivity contribution in [1.82, 2.24) is 10.3 Å². The molecule has 0 bridgehead atoms. The van der Waals surface area contributed by atoms with Crippen molar-refractivity contribution in [3.05, 3.63) is 23.8 Å². The third-order valence-electron chi connectivity index (χ3n) is 1.79. The second kappa shape index (κ2) is 2.85. The van der Waals surface area contributed by atoms with Crippen molar-refractivity contribution in [2.75, 3.05) is 7.05 Å². The van der Waals surface area contributed by atoms with Crippen molar-refractivity contribution in [3.8, 4) is 0 Å². The minimum atomic E-state index is 0.477. The Bertz CT molecular complexity index is 460. The highest BCUT2D eigenvalue weighted by Crippen LogP contribution is 2.10. The first-order valence-electron chi connectivity index (χ1n) is 3.76. The number of aliphatic imine (C=N–C) groups is 1. The van der Waals surface area contributed by atoms with Crippen molar-refractivity contribution in [3.63, 3.8) is 0 Å². The van der Waals surface area contributed by atoms with Gasteiger partial charge in [-0.05, 0) is 28.5 Å². The van der Waals surface area contributed by atoms with Gasteiger partial charge in [0, 0.05) is 12.6 Å². The molecule has 0 saturated heterocycles. The SMILES string of the molecule is CN=C(N)c1ccc2nonc2c1. The monoisotopic (exact) mass is 176 g/mol. The Labute approximate surface area is 74.2 Å². The van der Waals surface area contributed by atoms with Crippen molar-refractivity contribution < 1.29 is 4.63 Å². The van der Waals surface area contributed by atoms with Crippen LogP contribution in [0.3, 0.4) is 0 Å². The summed E-state index contributed by atoms with van der Waals surface area (Å²) in [7, 11) is 1.64. The summed E-state index contributed by atoms with van der Waals surface area (Å²) in [6, 6.07) is 5.40. The van der Waals surface area contributed by atoms with Gasteiger partial charge in [-0.25, -0.2) is 4.63 Å². The van der Waals surface area contributed by atoms with Crippen molar-refractivity contribution >= 4 is 16.9 Å². The highest BCUT2D eigenvalue weighted by atomic mass is 16.6. The van der Waals surface area contributed by atoms with E-state index in [4.69, 9.17) is 5.73 Å². The summed E-state index contributed by atoms with van der Waals surface area (Å²) in [5, 5.41) is 7.38. The molecular formula is C8H8N4O. The van der Waals surface area contributed by atoms with E-state index in [0.717, 1.165) is 5.56 Å². The quantitative estimate of drug-likeness (QED) is 0.508. The van der Waals surface area contributed by atoms with Gasteiger partial charge < -0.3 is 5.73 Å². The lowest BCUT2D eigenvalue weighted by Crippen LogP contribution is -2.12. The molecule has 0 spiro atoms. The molecule has 0 fully saturated rings. The van der Waals surface area contributed by atoms with Gasteiger partial charge in [0.15, 0.2) is 0 Å². The van der Waals surface area contributed by atoms with Gasteiger partial charge in [-0.1, -0.05) is 0 Å². The number of aromatic nitrogens is 2. The van der Waals surface area contributed by atoms with E-state index in [9.17, 15) is 0 Å². The Hall–Kier alpha value is -1.91. The standard InChI is InChI=1S/C8H8N4O/c1-10-8(9)5-2-3-6-7(4-5)12-13-11-6/h2-4H,1H3,(H2,9,10). The van der Waals surface area contributed by atoms with E-state index in [1.165, 1.54) is 0 Å². The molecule has 0 radical (unpaired) electrons. The number of hydrogen-bond donors (Lipinski definition) is 1. The van der Waals surface area contributed by atoms with Gasteiger partial charge >= 0.3 is 0 Å².